The second-order valence-corrected chi connectivity index (χ2v) is 19.6. The highest BCUT2D eigenvalue weighted by molar-refractivity contribution is 7.00. The van der Waals surface area contributed by atoms with E-state index in [0.717, 1.165) is 22.7 Å². The highest BCUT2D eigenvalue weighted by Crippen LogP contribution is 2.52. The molecular weight excluding hydrogens is 751 g/mol. The van der Waals surface area contributed by atoms with Crippen molar-refractivity contribution in [2.24, 2.45) is 0 Å². The lowest BCUT2D eigenvalue weighted by Crippen LogP contribution is -2.61. The molecule has 0 unspecified atom stereocenters. The summed E-state index contributed by atoms with van der Waals surface area (Å²) in [6.07, 6.45) is 0. The number of aromatic nitrogens is 1. The van der Waals surface area contributed by atoms with Crippen molar-refractivity contribution in [3.8, 4) is 5.69 Å². The Morgan fingerprint density at radius 3 is 1.71 bits per heavy atom. The van der Waals surface area contributed by atoms with Crippen molar-refractivity contribution in [2.75, 3.05) is 14.7 Å². The predicted molar refractivity (Wildman–Crippen MR) is 265 cm³/mol. The molecule has 0 saturated carbocycles. The lowest BCUT2D eigenvalue weighted by Gasteiger charge is -2.46. The Kier molecular flexibility index (Phi) is 7.73. The fourth-order valence-electron chi connectivity index (χ4n) is 10.7. The van der Waals surface area contributed by atoms with Crippen molar-refractivity contribution >= 4 is 96.1 Å². The van der Waals surface area contributed by atoms with Gasteiger partial charge in [0.2, 0.25) is 0 Å². The number of benzene rings is 8. The van der Waals surface area contributed by atoms with Crippen LogP contribution in [0.4, 0.5) is 51.2 Å². The first-order valence-electron chi connectivity index (χ1n) is 22.1. The number of hydrogen-bond acceptors (Lipinski definition) is 3. The van der Waals surface area contributed by atoms with Gasteiger partial charge in [0.05, 0.1) is 28.1 Å². The van der Waals surface area contributed by atoms with Crippen LogP contribution in [0.2, 0.25) is 0 Å². The Balaban J connectivity index is 1.13. The van der Waals surface area contributed by atoms with E-state index in [1.807, 2.05) is 0 Å². The molecule has 0 amide bonds. The molecule has 3 aliphatic rings. The van der Waals surface area contributed by atoms with E-state index in [-0.39, 0.29) is 17.5 Å². The molecular formula is C57H49BN4. The summed E-state index contributed by atoms with van der Waals surface area (Å²) in [5.41, 5.74) is 22.4. The summed E-state index contributed by atoms with van der Waals surface area (Å²) in [5.74, 6) is 0. The highest BCUT2D eigenvalue weighted by atomic mass is 15.2. The topological polar surface area (TPSA) is 14.7 Å². The summed E-state index contributed by atoms with van der Waals surface area (Å²) in [4.78, 5) is 7.55. The van der Waals surface area contributed by atoms with Crippen molar-refractivity contribution < 1.29 is 0 Å². The van der Waals surface area contributed by atoms with Gasteiger partial charge in [-0.3, -0.25) is 0 Å². The maximum absolute atomic E-state index is 2.58. The zero-order valence-corrected chi connectivity index (χ0v) is 36.5. The first-order valence-corrected chi connectivity index (χ1v) is 22.1. The molecule has 1 aromatic heterocycles. The zero-order chi connectivity index (χ0) is 42.2. The molecule has 0 saturated heterocycles. The van der Waals surface area contributed by atoms with Gasteiger partial charge < -0.3 is 19.3 Å². The van der Waals surface area contributed by atoms with Crippen LogP contribution < -0.4 is 31.1 Å². The van der Waals surface area contributed by atoms with E-state index in [0.29, 0.717) is 0 Å². The average Bonchev–Trinajstić information content (AvgIpc) is 3.61. The van der Waals surface area contributed by atoms with Crippen LogP contribution in [0, 0.1) is 6.92 Å². The third-order valence-corrected chi connectivity index (χ3v) is 13.6. The molecule has 0 bridgehead atoms. The van der Waals surface area contributed by atoms with E-state index in [4.69, 9.17) is 0 Å². The van der Waals surface area contributed by atoms with Crippen LogP contribution in [0.15, 0.2) is 170 Å². The molecule has 0 N–H and O–H groups in total. The van der Waals surface area contributed by atoms with Crippen LogP contribution in [0.3, 0.4) is 0 Å². The fourth-order valence-corrected chi connectivity index (χ4v) is 10.7. The van der Waals surface area contributed by atoms with Gasteiger partial charge in [-0.1, -0.05) is 133 Å². The van der Waals surface area contributed by atoms with Gasteiger partial charge in [-0.25, -0.2) is 0 Å². The number of para-hydroxylation sites is 4. The highest BCUT2D eigenvalue weighted by Gasteiger charge is 2.46. The Bertz CT molecular complexity index is 3220. The van der Waals surface area contributed by atoms with Gasteiger partial charge in [-0.15, -0.1) is 0 Å². The van der Waals surface area contributed by atoms with Gasteiger partial charge in [0.25, 0.3) is 6.71 Å². The molecule has 0 fully saturated rings. The standard InChI is InChI=1S/C57H49BN4/c1-36-33-51-53-52(34-36)62-48-21-13-18-44-43-17-11-12-20-47(43)61(54(44)48)49-22-14-19-46(55(49)62)58(53)45-32-31-42(35-50(45)60(51)39-15-9-8-10-16-39)59(40-27-23-37(24-28-40)56(2,3)4)41-29-25-38(26-30-41)57(5,6)7/h8-35H,1-7H3. The molecule has 8 aromatic carbocycles. The molecule has 300 valence electrons. The van der Waals surface area contributed by atoms with E-state index in [1.165, 1.54) is 89.0 Å². The second-order valence-electron chi connectivity index (χ2n) is 19.6. The smallest absolute Gasteiger partial charge is 0.252 e. The number of fused-ring (bicyclic) bond motifs is 9. The lowest BCUT2D eigenvalue weighted by atomic mass is 9.33. The van der Waals surface area contributed by atoms with Crippen LogP contribution in [-0.2, 0) is 10.8 Å². The van der Waals surface area contributed by atoms with Gasteiger partial charge in [-0.05, 0) is 130 Å². The minimum absolute atomic E-state index is 0.0176. The van der Waals surface area contributed by atoms with Gasteiger partial charge in [0.15, 0.2) is 0 Å². The maximum Gasteiger partial charge on any atom is 0.252 e. The minimum Gasteiger partial charge on any atom is -0.311 e. The first-order chi connectivity index (χ1) is 30.0. The normalized spacial score (nSPS) is 13.6. The summed E-state index contributed by atoms with van der Waals surface area (Å²) in [5, 5.41) is 2.57. The average molecular weight is 801 g/mol. The number of hydrogen-bond donors (Lipinski definition) is 0. The van der Waals surface area contributed by atoms with E-state index in [1.54, 1.807) is 0 Å². The number of aryl methyl sites for hydroxylation is 1. The number of rotatable bonds is 4. The van der Waals surface area contributed by atoms with Crippen LogP contribution in [-0.4, -0.2) is 11.3 Å². The number of nitrogens with zero attached hydrogens (tertiary/aromatic N) is 4. The Morgan fingerprint density at radius 2 is 1.03 bits per heavy atom. The Hall–Kier alpha value is -6.98. The molecule has 5 heteroatoms. The fraction of sp³-hybridized carbons (Fsp3) is 0.158. The molecule has 12 rings (SSSR count). The van der Waals surface area contributed by atoms with E-state index in [9.17, 15) is 0 Å². The molecule has 0 atom stereocenters. The van der Waals surface area contributed by atoms with Crippen molar-refractivity contribution in [3.05, 3.63) is 187 Å². The molecule has 0 aliphatic carbocycles. The van der Waals surface area contributed by atoms with E-state index < -0.39 is 0 Å². The minimum atomic E-state index is 0.0176. The molecule has 9 aromatic rings. The second kappa shape index (κ2) is 13.0. The van der Waals surface area contributed by atoms with E-state index in [2.05, 4.69) is 238 Å². The largest absolute Gasteiger partial charge is 0.311 e. The Morgan fingerprint density at radius 1 is 0.452 bits per heavy atom. The van der Waals surface area contributed by atoms with Crippen LogP contribution in [0.1, 0.15) is 58.2 Å². The van der Waals surface area contributed by atoms with Crippen molar-refractivity contribution in [3.63, 3.8) is 0 Å². The molecule has 4 heterocycles. The molecule has 3 aliphatic heterocycles. The first kappa shape index (κ1) is 36.8. The molecule has 62 heavy (non-hydrogen) atoms. The molecule has 0 radical (unpaired) electrons. The monoisotopic (exact) mass is 800 g/mol. The van der Waals surface area contributed by atoms with Crippen LogP contribution in [0.25, 0.3) is 27.5 Å². The SMILES string of the molecule is Cc1cc2c3c(c1)N1c4c(cccc4-n4c5ccccc5c5cccc1c54)B3c1ccc(N(c3ccc(C(C)(C)C)cc3)c3ccc(C(C)(C)C)cc3)cc1N2c1ccccc1. The van der Waals surface area contributed by atoms with Gasteiger partial charge >= 0.3 is 0 Å². The summed E-state index contributed by atoms with van der Waals surface area (Å²) in [7, 11) is 0. The Labute approximate surface area is 365 Å². The van der Waals surface area contributed by atoms with E-state index >= 15 is 0 Å². The van der Waals surface area contributed by atoms with Crippen LogP contribution in [0.5, 0.6) is 0 Å². The summed E-state index contributed by atoms with van der Waals surface area (Å²) in [6.45, 7) is 16.0. The molecule has 0 spiro atoms. The zero-order valence-electron chi connectivity index (χ0n) is 36.5. The summed E-state index contributed by atoms with van der Waals surface area (Å²) >= 11 is 0. The van der Waals surface area contributed by atoms with Gasteiger partial charge in [0, 0.05) is 50.6 Å². The summed E-state index contributed by atoms with van der Waals surface area (Å²) in [6, 6.07) is 64.1. The van der Waals surface area contributed by atoms with Crippen LogP contribution >= 0.6 is 0 Å². The third kappa shape index (κ3) is 5.27. The maximum atomic E-state index is 2.58. The van der Waals surface area contributed by atoms with Crippen molar-refractivity contribution in [2.45, 2.75) is 59.3 Å². The number of anilines is 9. The lowest BCUT2D eigenvalue weighted by molar-refractivity contribution is 0.590. The van der Waals surface area contributed by atoms with Gasteiger partial charge in [0.1, 0.15) is 0 Å². The molecule has 4 nitrogen and oxygen atoms in total. The predicted octanol–water partition coefficient (Wildman–Crippen LogP) is 13.6. The van der Waals surface area contributed by atoms with Crippen molar-refractivity contribution in [1.29, 1.82) is 0 Å². The third-order valence-electron chi connectivity index (χ3n) is 13.6. The summed E-state index contributed by atoms with van der Waals surface area (Å²) < 4.78 is 2.52. The van der Waals surface area contributed by atoms with Gasteiger partial charge in [-0.2, -0.15) is 0 Å². The quantitative estimate of drug-likeness (QED) is 0.165. The van der Waals surface area contributed by atoms with Crippen molar-refractivity contribution in [1.82, 2.24) is 4.57 Å².